The van der Waals surface area contributed by atoms with Gasteiger partial charge >= 0.3 is 0 Å². The number of hydrogen-bond donors (Lipinski definition) is 0. The third-order valence-electron chi connectivity index (χ3n) is 1.85. The van der Waals surface area contributed by atoms with Crippen molar-refractivity contribution >= 4 is 10.1 Å². The molecule has 0 N–H and O–H groups in total. The molecular weight excluding hydrogens is 192 g/mol. The summed E-state index contributed by atoms with van der Waals surface area (Å²) in [5.41, 5.74) is 0. The molecule has 0 aromatic rings. The van der Waals surface area contributed by atoms with E-state index in [4.69, 9.17) is 4.74 Å². The molecule has 2 atom stereocenters. The number of ether oxygens (including phenoxy) is 1. The van der Waals surface area contributed by atoms with E-state index in [1.165, 1.54) is 0 Å². The standard InChI is InChI=1S/C8H14O4S/c1-3-4-7(8-6-11-8)5-12-13(2,9)10/h3,7-8H,1,4-6H2,2H3/t7?,8-/m0/s1. The normalized spacial score (nSPS) is 23.9. The van der Waals surface area contributed by atoms with Crippen molar-refractivity contribution in [3.63, 3.8) is 0 Å². The van der Waals surface area contributed by atoms with E-state index in [0.717, 1.165) is 12.7 Å². The zero-order chi connectivity index (χ0) is 9.90. The van der Waals surface area contributed by atoms with Gasteiger partial charge in [0.1, 0.15) is 0 Å². The molecule has 1 fully saturated rings. The Morgan fingerprint density at radius 3 is 2.77 bits per heavy atom. The van der Waals surface area contributed by atoms with E-state index in [-0.39, 0.29) is 18.6 Å². The van der Waals surface area contributed by atoms with Crippen LogP contribution in [0.1, 0.15) is 6.42 Å². The molecule has 0 aromatic carbocycles. The third kappa shape index (κ3) is 4.40. The van der Waals surface area contributed by atoms with Crippen LogP contribution in [0.5, 0.6) is 0 Å². The first kappa shape index (κ1) is 10.7. The number of hydrogen-bond acceptors (Lipinski definition) is 4. The van der Waals surface area contributed by atoms with Crippen molar-refractivity contribution in [3.05, 3.63) is 12.7 Å². The summed E-state index contributed by atoms with van der Waals surface area (Å²) in [5, 5.41) is 0. The molecule has 4 nitrogen and oxygen atoms in total. The minimum absolute atomic E-state index is 0.118. The summed E-state index contributed by atoms with van der Waals surface area (Å²) < 4.78 is 31.1. The minimum atomic E-state index is -3.33. The maximum atomic E-state index is 10.7. The molecule has 0 radical (unpaired) electrons. The minimum Gasteiger partial charge on any atom is -0.373 e. The van der Waals surface area contributed by atoms with Gasteiger partial charge in [-0.15, -0.1) is 6.58 Å². The summed E-state index contributed by atoms with van der Waals surface area (Å²) in [6, 6.07) is 0. The van der Waals surface area contributed by atoms with Gasteiger partial charge in [0.05, 0.1) is 25.6 Å². The third-order valence-corrected chi connectivity index (χ3v) is 2.41. The lowest BCUT2D eigenvalue weighted by Gasteiger charge is -2.10. The van der Waals surface area contributed by atoms with E-state index in [1.807, 2.05) is 0 Å². The molecule has 76 valence electrons. The maximum absolute atomic E-state index is 10.7. The second-order valence-corrected chi connectivity index (χ2v) is 4.79. The van der Waals surface area contributed by atoms with Crippen LogP contribution in [-0.2, 0) is 19.0 Å². The molecule has 0 aromatic heterocycles. The Morgan fingerprint density at radius 1 is 1.77 bits per heavy atom. The van der Waals surface area contributed by atoms with Crippen LogP contribution in [0.25, 0.3) is 0 Å². The summed E-state index contributed by atoms with van der Waals surface area (Å²) in [7, 11) is -3.33. The van der Waals surface area contributed by atoms with Crippen LogP contribution in [0.15, 0.2) is 12.7 Å². The second-order valence-electron chi connectivity index (χ2n) is 3.14. The molecule has 1 rings (SSSR count). The van der Waals surface area contributed by atoms with E-state index in [9.17, 15) is 8.42 Å². The van der Waals surface area contributed by atoms with Crippen LogP contribution < -0.4 is 0 Å². The van der Waals surface area contributed by atoms with E-state index in [2.05, 4.69) is 10.8 Å². The molecular formula is C8H14O4S. The van der Waals surface area contributed by atoms with E-state index in [0.29, 0.717) is 6.61 Å². The second kappa shape index (κ2) is 4.21. The smallest absolute Gasteiger partial charge is 0.264 e. The highest BCUT2D eigenvalue weighted by molar-refractivity contribution is 7.85. The Bertz CT molecular complexity index is 266. The van der Waals surface area contributed by atoms with E-state index in [1.54, 1.807) is 6.08 Å². The fourth-order valence-electron chi connectivity index (χ4n) is 1.08. The summed E-state index contributed by atoms with van der Waals surface area (Å²) in [6.45, 7) is 4.48. The molecule has 0 bridgehead atoms. The average Bonchev–Trinajstić information content (AvgIpc) is 2.78. The monoisotopic (exact) mass is 206 g/mol. The van der Waals surface area contributed by atoms with Gasteiger partial charge in [-0.3, -0.25) is 4.18 Å². The molecule has 1 heterocycles. The highest BCUT2D eigenvalue weighted by Crippen LogP contribution is 2.24. The Labute approximate surface area is 78.7 Å². The molecule has 1 unspecified atom stereocenters. The zero-order valence-corrected chi connectivity index (χ0v) is 8.42. The van der Waals surface area contributed by atoms with Gasteiger partial charge < -0.3 is 4.74 Å². The Balaban J connectivity index is 2.34. The van der Waals surface area contributed by atoms with Gasteiger partial charge in [0.2, 0.25) is 0 Å². The van der Waals surface area contributed by atoms with Crippen molar-refractivity contribution in [2.24, 2.45) is 5.92 Å². The SMILES string of the molecule is C=CCC(COS(C)(=O)=O)[C@@H]1CO1. The van der Waals surface area contributed by atoms with Gasteiger partial charge in [-0.2, -0.15) is 8.42 Å². The van der Waals surface area contributed by atoms with Crippen LogP contribution in [0.3, 0.4) is 0 Å². The summed E-state index contributed by atoms with van der Waals surface area (Å²) in [4.78, 5) is 0. The lowest BCUT2D eigenvalue weighted by Crippen LogP contribution is -2.17. The first-order chi connectivity index (χ1) is 6.03. The number of rotatable bonds is 6. The van der Waals surface area contributed by atoms with Crippen LogP contribution in [0.2, 0.25) is 0 Å². The van der Waals surface area contributed by atoms with Gasteiger partial charge in [-0.25, -0.2) is 0 Å². The van der Waals surface area contributed by atoms with Crippen molar-refractivity contribution in [1.82, 2.24) is 0 Å². The zero-order valence-electron chi connectivity index (χ0n) is 7.60. The molecule has 1 saturated heterocycles. The molecule has 1 aliphatic heterocycles. The van der Waals surface area contributed by atoms with Gasteiger partial charge in [0, 0.05) is 5.92 Å². The van der Waals surface area contributed by atoms with E-state index >= 15 is 0 Å². The Hall–Kier alpha value is -0.390. The molecule has 0 spiro atoms. The van der Waals surface area contributed by atoms with Crippen molar-refractivity contribution in [2.45, 2.75) is 12.5 Å². The Morgan fingerprint density at radius 2 is 2.38 bits per heavy atom. The molecule has 0 amide bonds. The fourth-order valence-corrected chi connectivity index (χ4v) is 1.50. The molecule has 1 aliphatic rings. The van der Waals surface area contributed by atoms with Gasteiger partial charge in [-0.05, 0) is 6.42 Å². The highest BCUT2D eigenvalue weighted by atomic mass is 32.2. The van der Waals surface area contributed by atoms with Gasteiger partial charge in [-0.1, -0.05) is 6.08 Å². The van der Waals surface area contributed by atoms with Crippen LogP contribution >= 0.6 is 0 Å². The summed E-state index contributed by atoms with van der Waals surface area (Å²) in [6.07, 6.45) is 3.67. The summed E-state index contributed by atoms with van der Waals surface area (Å²) >= 11 is 0. The van der Waals surface area contributed by atoms with Crippen molar-refractivity contribution in [2.75, 3.05) is 19.5 Å². The molecule has 5 heteroatoms. The van der Waals surface area contributed by atoms with Crippen LogP contribution in [0, 0.1) is 5.92 Å². The largest absolute Gasteiger partial charge is 0.373 e. The predicted molar refractivity (Wildman–Crippen MR) is 48.8 cm³/mol. The number of allylic oxidation sites excluding steroid dienone is 1. The lowest BCUT2D eigenvalue weighted by atomic mass is 10.0. The van der Waals surface area contributed by atoms with Crippen molar-refractivity contribution in [1.29, 1.82) is 0 Å². The lowest BCUT2D eigenvalue weighted by molar-refractivity contribution is 0.218. The molecule has 0 aliphatic carbocycles. The van der Waals surface area contributed by atoms with Crippen molar-refractivity contribution in [3.8, 4) is 0 Å². The van der Waals surface area contributed by atoms with Gasteiger partial charge in [0.15, 0.2) is 0 Å². The van der Waals surface area contributed by atoms with E-state index < -0.39 is 10.1 Å². The predicted octanol–water partition coefficient (Wildman–Crippen LogP) is 0.554. The van der Waals surface area contributed by atoms with Crippen molar-refractivity contribution < 1.29 is 17.3 Å². The first-order valence-electron chi connectivity index (χ1n) is 4.10. The summed E-state index contributed by atoms with van der Waals surface area (Å²) in [5.74, 6) is 0.118. The quantitative estimate of drug-likeness (QED) is 0.362. The van der Waals surface area contributed by atoms with Gasteiger partial charge in [0.25, 0.3) is 10.1 Å². The number of epoxide rings is 1. The van der Waals surface area contributed by atoms with Crippen LogP contribution in [-0.4, -0.2) is 34.0 Å². The first-order valence-corrected chi connectivity index (χ1v) is 5.91. The topological polar surface area (TPSA) is 55.9 Å². The molecule has 0 saturated carbocycles. The fraction of sp³-hybridized carbons (Fsp3) is 0.750. The molecule has 13 heavy (non-hydrogen) atoms. The Kier molecular flexibility index (Phi) is 3.47. The van der Waals surface area contributed by atoms with Crippen LogP contribution in [0.4, 0.5) is 0 Å². The maximum Gasteiger partial charge on any atom is 0.264 e. The average molecular weight is 206 g/mol. The highest BCUT2D eigenvalue weighted by Gasteiger charge is 2.32.